The van der Waals surface area contributed by atoms with Gasteiger partial charge in [0.05, 0.1) is 17.2 Å². The van der Waals surface area contributed by atoms with E-state index in [2.05, 4.69) is 56.9 Å². The highest BCUT2D eigenvalue weighted by molar-refractivity contribution is 7.10. The van der Waals surface area contributed by atoms with Crippen LogP contribution in [0.5, 0.6) is 0 Å². The highest BCUT2D eigenvalue weighted by Gasteiger charge is 2.22. The molecule has 0 saturated carbocycles. The molecule has 0 aliphatic rings. The Bertz CT molecular complexity index is 614. The monoisotopic (exact) mass is 336 g/mol. The summed E-state index contributed by atoms with van der Waals surface area (Å²) in [4.78, 5) is 12.4. The van der Waals surface area contributed by atoms with Gasteiger partial charge in [0.15, 0.2) is 5.96 Å². The normalized spacial score (nSPS) is 12.5. The van der Waals surface area contributed by atoms with E-state index >= 15 is 0 Å². The van der Waals surface area contributed by atoms with Gasteiger partial charge in [0.1, 0.15) is 0 Å². The molecule has 0 unspecified atom stereocenters. The van der Waals surface area contributed by atoms with E-state index in [1.165, 1.54) is 4.88 Å². The second kappa shape index (κ2) is 7.24. The maximum atomic E-state index is 4.51. The van der Waals surface area contributed by atoms with Crippen LogP contribution < -0.4 is 5.32 Å². The molecule has 120 valence electrons. The largest absolute Gasteiger partial charge is 0.355 e. The van der Waals surface area contributed by atoms with E-state index in [0.717, 1.165) is 29.8 Å². The molecule has 0 aliphatic heterocycles. The number of nitrogens with zero attached hydrogens (tertiary/aromatic N) is 3. The first-order valence-corrected chi connectivity index (χ1v) is 9.05. The minimum atomic E-state index is 0.0855. The van der Waals surface area contributed by atoms with Gasteiger partial charge in [-0.2, -0.15) is 0 Å². The number of thiophene rings is 1. The zero-order valence-corrected chi connectivity index (χ0v) is 15.5. The smallest absolute Gasteiger partial charge is 0.193 e. The maximum Gasteiger partial charge on any atom is 0.193 e. The quantitative estimate of drug-likeness (QED) is 0.671. The molecule has 2 aromatic heterocycles. The second-order valence-corrected chi connectivity index (χ2v) is 7.99. The maximum absolute atomic E-state index is 4.51. The molecule has 0 aromatic carbocycles. The van der Waals surface area contributed by atoms with Gasteiger partial charge in [-0.3, -0.25) is 4.99 Å². The minimum absolute atomic E-state index is 0.0855. The number of hydrogen-bond donors (Lipinski definition) is 1. The summed E-state index contributed by atoms with van der Waals surface area (Å²) in [5, 5.41) is 8.82. The van der Waals surface area contributed by atoms with Crippen molar-refractivity contribution in [2.75, 3.05) is 20.6 Å². The van der Waals surface area contributed by atoms with Crippen LogP contribution in [0, 0.1) is 6.92 Å². The standard InChI is InChI=1S/C16H24N4S2/c1-12-19-13(10-22-12)9-20(5)15(17-4)18-11-16(2,3)14-7-6-8-21-14/h6-8,10H,9,11H2,1-5H3,(H,17,18). The Morgan fingerprint density at radius 3 is 2.73 bits per heavy atom. The number of aryl methyl sites for hydroxylation is 1. The second-order valence-electron chi connectivity index (χ2n) is 5.98. The van der Waals surface area contributed by atoms with Crippen LogP contribution >= 0.6 is 22.7 Å². The SMILES string of the molecule is CN=C(NCC(C)(C)c1cccs1)N(C)Cc1csc(C)n1. The van der Waals surface area contributed by atoms with E-state index in [1.54, 1.807) is 22.7 Å². The summed E-state index contributed by atoms with van der Waals surface area (Å²) in [5.74, 6) is 0.898. The lowest BCUT2D eigenvalue weighted by Crippen LogP contribution is -2.43. The molecule has 0 radical (unpaired) electrons. The molecule has 4 nitrogen and oxygen atoms in total. The first-order valence-electron chi connectivity index (χ1n) is 7.29. The Morgan fingerprint density at radius 1 is 1.41 bits per heavy atom. The van der Waals surface area contributed by atoms with Gasteiger partial charge >= 0.3 is 0 Å². The summed E-state index contributed by atoms with van der Waals surface area (Å²) in [6, 6.07) is 4.30. The van der Waals surface area contributed by atoms with Gasteiger partial charge in [0, 0.05) is 36.3 Å². The molecular formula is C16H24N4S2. The number of rotatable bonds is 5. The van der Waals surface area contributed by atoms with Crippen molar-refractivity contribution < 1.29 is 0 Å². The van der Waals surface area contributed by atoms with E-state index in [1.807, 2.05) is 21.0 Å². The van der Waals surface area contributed by atoms with Crippen LogP contribution in [0.25, 0.3) is 0 Å². The first kappa shape index (κ1) is 17.0. The molecule has 0 fully saturated rings. The van der Waals surface area contributed by atoms with Crippen LogP contribution in [-0.2, 0) is 12.0 Å². The molecule has 2 rings (SSSR count). The number of nitrogens with one attached hydrogen (secondary N) is 1. The Hall–Kier alpha value is -1.40. The topological polar surface area (TPSA) is 40.5 Å². The molecule has 2 heterocycles. The van der Waals surface area contributed by atoms with Crippen molar-refractivity contribution in [2.45, 2.75) is 32.7 Å². The van der Waals surface area contributed by atoms with Crippen molar-refractivity contribution in [3.63, 3.8) is 0 Å². The Labute approximate surface area is 140 Å². The summed E-state index contributed by atoms with van der Waals surface area (Å²) in [6.07, 6.45) is 0. The van der Waals surface area contributed by atoms with Crippen LogP contribution in [0.15, 0.2) is 27.9 Å². The van der Waals surface area contributed by atoms with Crippen molar-refractivity contribution >= 4 is 28.6 Å². The van der Waals surface area contributed by atoms with E-state index < -0.39 is 0 Å². The molecule has 6 heteroatoms. The fourth-order valence-electron chi connectivity index (χ4n) is 2.23. The Kier molecular flexibility index (Phi) is 5.58. The number of hydrogen-bond acceptors (Lipinski definition) is 4. The molecule has 0 atom stereocenters. The van der Waals surface area contributed by atoms with Crippen LogP contribution in [0.1, 0.15) is 29.4 Å². The van der Waals surface area contributed by atoms with Crippen molar-refractivity contribution in [3.8, 4) is 0 Å². The van der Waals surface area contributed by atoms with E-state index in [-0.39, 0.29) is 5.41 Å². The molecule has 1 N–H and O–H groups in total. The summed E-state index contributed by atoms with van der Waals surface area (Å²) >= 11 is 3.49. The molecule has 0 amide bonds. The molecule has 22 heavy (non-hydrogen) atoms. The third-order valence-corrected chi connectivity index (χ3v) is 5.57. The van der Waals surface area contributed by atoms with Crippen LogP contribution in [0.4, 0.5) is 0 Å². The highest BCUT2D eigenvalue weighted by Crippen LogP contribution is 2.26. The van der Waals surface area contributed by atoms with Gasteiger partial charge in [-0.1, -0.05) is 19.9 Å². The third kappa shape index (κ3) is 4.30. The van der Waals surface area contributed by atoms with E-state index in [4.69, 9.17) is 0 Å². The number of aromatic nitrogens is 1. The predicted octanol–water partition coefficient (Wildman–Crippen LogP) is 3.50. The average Bonchev–Trinajstić information content (AvgIpc) is 3.11. The molecule has 0 spiro atoms. The van der Waals surface area contributed by atoms with Gasteiger partial charge in [0.2, 0.25) is 0 Å². The van der Waals surface area contributed by atoms with Crippen molar-refractivity contribution in [1.29, 1.82) is 0 Å². The number of thiazole rings is 1. The summed E-state index contributed by atoms with van der Waals surface area (Å²) in [5.41, 5.74) is 1.17. The minimum Gasteiger partial charge on any atom is -0.355 e. The predicted molar refractivity (Wildman–Crippen MR) is 97.0 cm³/mol. The summed E-state index contributed by atoms with van der Waals surface area (Å²) in [6.45, 7) is 8.15. The Balaban J connectivity index is 1.94. The zero-order valence-electron chi connectivity index (χ0n) is 13.9. The molecule has 0 aliphatic carbocycles. The van der Waals surface area contributed by atoms with E-state index in [9.17, 15) is 0 Å². The van der Waals surface area contributed by atoms with Crippen LogP contribution in [0.2, 0.25) is 0 Å². The van der Waals surface area contributed by atoms with Gasteiger partial charge < -0.3 is 10.2 Å². The number of guanidine groups is 1. The fraction of sp³-hybridized carbons (Fsp3) is 0.500. The lowest BCUT2D eigenvalue weighted by molar-refractivity contribution is 0.448. The third-order valence-electron chi connectivity index (χ3n) is 3.52. The van der Waals surface area contributed by atoms with Crippen molar-refractivity contribution in [1.82, 2.24) is 15.2 Å². The van der Waals surface area contributed by atoms with Gasteiger partial charge in [-0.05, 0) is 18.4 Å². The highest BCUT2D eigenvalue weighted by atomic mass is 32.1. The Morgan fingerprint density at radius 2 is 2.18 bits per heavy atom. The average molecular weight is 337 g/mol. The van der Waals surface area contributed by atoms with Crippen molar-refractivity contribution in [3.05, 3.63) is 38.5 Å². The van der Waals surface area contributed by atoms with Crippen molar-refractivity contribution in [2.24, 2.45) is 4.99 Å². The molecule has 2 aromatic rings. The lowest BCUT2D eigenvalue weighted by atomic mass is 9.91. The number of aliphatic imine (C=N–C) groups is 1. The van der Waals surface area contributed by atoms with Gasteiger partial charge in [-0.25, -0.2) is 4.98 Å². The lowest BCUT2D eigenvalue weighted by Gasteiger charge is -2.28. The molecule has 0 saturated heterocycles. The first-order chi connectivity index (χ1) is 10.4. The molecule has 0 bridgehead atoms. The van der Waals surface area contributed by atoms with Crippen LogP contribution in [-0.4, -0.2) is 36.5 Å². The summed E-state index contributed by atoms with van der Waals surface area (Å²) < 4.78 is 0. The van der Waals surface area contributed by atoms with Gasteiger partial charge in [0.25, 0.3) is 0 Å². The van der Waals surface area contributed by atoms with Gasteiger partial charge in [-0.15, -0.1) is 22.7 Å². The van der Waals surface area contributed by atoms with Crippen LogP contribution in [0.3, 0.4) is 0 Å². The zero-order chi connectivity index (χ0) is 16.2. The fourth-order valence-corrected chi connectivity index (χ4v) is 3.69. The molecular weight excluding hydrogens is 312 g/mol. The summed E-state index contributed by atoms with van der Waals surface area (Å²) in [7, 11) is 3.87. The van der Waals surface area contributed by atoms with E-state index in [0.29, 0.717) is 0 Å².